The van der Waals surface area contributed by atoms with Crippen LogP contribution in [0.15, 0.2) is 0 Å². The summed E-state index contributed by atoms with van der Waals surface area (Å²) in [6, 6.07) is 1.31. The molecule has 0 amide bonds. The van der Waals surface area contributed by atoms with E-state index in [2.05, 4.69) is 26.1 Å². The average Bonchev–Trinajstić information content (AvgIpc) is 2.66. The summed E-state index contributed by atoms with van der Waals surface area (Å²) in [5.74, 6) is 0.749. The minimum atomic E-state index is 0.644. The minimum absolute atomic E-state index is 0.644. The van der Waals surface area contributed by atoms with Crippen LogP contribution in [0.2, 0.25) is 0 Å². The van der Waals surface area contributed by atoms with Crippen molar-refractivity contribution in [2.24, 2.45) is 5.92 Å². The number of hydrogen-bond donors (Lipinski definition) is 1. The van der Waals surface area contributed by atoms with Crippen LogP contribution in [-0.2, 0) is 4.74 Å². The lowest BCUT2D eigenvalue weighted by Gasteiger charge is -2.25. The molecule has 1 saturated heterocycles. The van der Waals surface area contributed by atoms with E-state index in [4.69, 9.17) is 4.74 Å². The highest BCUT2D eigenvalue weighted by Crippen LogP contribution is 2.19. The van der Waals surface area contributed by atoms with Crippen molar-refractivity contribution in [1.82, 2.24) is 5.32 Å². The molecule has 1 fully saturated rings. The largest absolute Gasteiger partial charge is 0.381 e. The van der Waals surface area contributed by atoms with E-state index in [0.717, 1.165) is 19.1 Å². The Morgan fingerprint density at radius 3 is 2.62 bits per heavy atom. The molecule has 0 aromatic carbocycles. The molecule has 1 aliphatic rings. The van der Waals surface area contributed by atoms with Gasteiger partial charge in [0.05, 0.1) is 6.61 Å². The van der Waals surface area contributed by atoms with E-state index in [0.29, 0.717) is 12.1 Å². The van der Waals surface area contributed by atoms with Gasteiger partial charge in [-0.15, -0.1) is 0 Å². The van der Waals surface area contributed by atoms with Gasteiger partial charge in [-0.2, -0.15) is 0 Å². The molecule has 78 valence electrons. The van der Waals surface area contributed by atoms with Crippen LogP contribution in [0.25, 0.3) is 0 Å². The van der Waals surface area contributed by atoms with Gasteiger partial charge in [-0.25, -0.2) is 0 Å². The lowest BCUT2D eigenvalue weighted by Crippen LogP contribution is -2.41. The predicted molar refractivity (Wildman–Crippen MR) is 55.9 cm³/mol. The highest BCUT2D eigenvalue weighted by Gasteiger charge is 2.24. The van der Waals surface area contributed by atoms with Gasteiger partial charge >= 0.3 is 0 Å². The van der Waals surface area contributed by atoms with Gasteiger partial charge in [0.15, 0.2) is 0 Å². The minimum Gasteiger partial charge on any atom is -0.381 e. The van der Waals surface area contributed by atoms with Crippen molar-refractivity contribution in [2.45, 2.75) is 52.1 Å². The maximum atomic E-state index is 5.42. The molecule has 0 aromatic heterocycles. The number of ether oxygens (including phenoxy) is 1. The zero-order valence-corrected chi connectivity index (χ0v) is 9.18. The zero-order chi connectivity index (χ0) is 9.68. The fourth-order valence-electron chi connectivity index (χ4n) is 1.94. The summed E-state index contributed by atoms with van der Waals surface area (Å²) < 4.78 is 5.42. The smallest absolute Gasteiger partial charge is 0.0510 e. The quantitative estimate of drug-likeness (QED) is 0.709. The van der Waals surface area contributed by atoms with E-state index in [1.54, 1.807) is 0 Å². The summed E-state index contributed by atoms with van der Waals surface area (Å²) >= 11 is 0. The molecule has 0 aliphatic carbocycles. The Balaban J connectivity index is 2.32. The van der Waals surface area contributed by atoms with E-state index in [1.807, 2.05) is 0 Å². The Labute approximate surface area is 82.0 Å². The summed E-state index contributed by atoms with van der Waals surface area (Å²) in [7, 11) is 0. The normalized spacial score (nSPS) is 27.5. The number of rotatable bonds is 5. The molecule has 1 heterocycles. The zero-order valence-electron chi connectivity index (χ0n) is 9.18. The van der Waals surface area contributed by atoms with Crippen LogP contribution in [0.4, 0.5) is 0 Å². The van der Waals surface area contributed by atoms with Crippen molar-refractivity contribution in [3.63, 3.8) is 0 Å². The van der Waals surface area contributed by atoms with E-state index in [9.17, 15) is 0 Å². The van der Waals surface area contributed by atoms with Crippen molar-refractivity contribution in [2.75, 3.05) is 13.2 Å². The standard InChI is InChI=1S/C11H23NO/c1-4-9(3)12-11(5-2)10-6-7-13-8-10/h9-12H,4-8H2,1-3H3. The molecular formula is C11H23NO. The molecule has 0 radical (unpaired) electrons. The first kappa shape index (κ1) is 11.0. The lowest BCUT2D eigenvalue weighted by atomic mass is 9.96. The summed E-state index contributed by atoms with van der Waals surface area (Å²) in [6.45, 7) is 8.68. The molecule has 1 N–H and O–H groups in total. The summed E-state index contributed by atoms with van der Waals surface area (Å²) in [4.78, 5) is 0. The summed E-state index contributed by atoms with van der Waals surface area (Å²) in [5.41, 5.74) is 0. The predicted octanol–water partition coefficient (Wildman–Crippen LogP) is 2.19. The van der Waals surface area contributed by atoms with E-state index in [1.165, 1.54) is 19.3 Å². The molecule has 2 nitrogen and oxygen atoms in total. The Kier molecular flexibility index (Phi) is 4.74. The molecule has 0 aromatic rings. The fourth-order valence-corrected chi connectivity index (χ4v) is 1.94. The van der Waals surface area contributed by atoms with Crippen molar-refractivity contribution >= 4 is 0 Å². The Morgan fingerprint density at radius 2 is 2.15 bits per heavy atom. The molecule has 2 heteroatoms. The van der Waals surface area contributed by atoms with Gasteiger partial charge in [0, 0.05) is 18.7 Å². The van der Waals surface area contributed by atoms with Gasteiger partial charge in [0.1, 0.15) is 0 Å². The summed E-state index contributed by atoms with van der Waals surface area (Å²) in [6.07, 6.45) is 3.67. The lowest BCUT2D eigenvalue weighted by molar-refractivity contribution is 0.173. The van der Waals surface area contributed by atoms with Crippen LogP contribution in [0.3, 0.4) is 0 Å². The van der Waals surface area contributed by atoms with Crippen molar-refractivity contribution in [3.8, 4) is 0 Å². The van der Waals surface area contributed by atoms with Gasteiger partial charge in [-0.1, -0.05) is 13.8 Å². The third-order valence-corrected chi connectivity index (χ3v) is 3.08. The third-order valence-electron chi connectivity index (χ3n) is 3.08. The van der Waals surface area contributed by atoms with Crippen LogP contribution in [0.1, 0.15) is 40.0 Å². The molecule has 1 rings (SSSR count). The monoisotopic (exact) mass is 185 g/mol. The fraction of sp³-hybridized carbons (Fsp3) is 1.00. The Hall–Kier alpha value is -0.0800. The second-order valence-electron chi connectivity index (χ2n) is 4.11. The molecule has 3 atom stereocenters. The second-order valence-corrected chi connectivity index (χ2v) is 4.11. The van der Waals surface area contributed by atoms with Crippen molar-refractivity contribution < 1.29 is 4.74 Å². The number of nitrogens with one attached hydrogen (secondary N) is 1. The topological polar surface area (TPSA) is 21.3 Å². The van der Waals surface area contributed by atoms with Crippen LogP contribution in [-0.4, -0.2) is 25.3 Å². The van der Waals surface area contributed by atoms with Gasteiger partial charge in [-0.05, 0) is 32.1 Å². The highest BCUT2D eigenvalue weighted by atomic mass is 16.5. The van der Waals surface area contributed by atoms with Gasteiger partial charge < -0.3 is 10.1 Å². The number of hydrogen-bond acceptors (Lipinski definition) is 2. The van der Waals surface area contributed by atoms with Gasteiger partial charge in [0.25, 0.3) is 0 Å². The summed E-state index contributed by atoms with van der Waals surface area (Å²) in [5, 5.41) is 3.68. The first-order chi connectivity index (χ1) is 6.27. The average molecular weight is 185 g/mol. The van der Waals surface area contributed by atoms with E-state index >= 15 is 0 Å². The second kappa shape index (κ2) is 5.61. The SMILES string of the molecule is CCC(C)NC(CC)C1CCOC1. The van der Waals surface area contributed by atoms with Gasteiger partial charge in [-0.3, -0.25) is 0 Å². The Morgan fingerprint density at radius 1 is 1.38 bits per heavy atom. The maximum Gasteiger partial charge on any atom is 0.0510 e. The molecule has 13 heavy (non-hydrogen) atoms. The molecule has 0 spiro atoms. The first-order valence-electron chi connectivity index (χ1n) is 5.61. The highest BCUT2D eigenvalue weighted by molar-refractivity contribution is 4.80. The van der Waals surface area contributed by atoms with Crippen LogP contribution < -0.4 is 5.32 Å². The Bertz CT molecular complexity index is 132. The molecule has 0 saturated carbocycles. The van der Waals surface area contributed by atoms with Crippen LogP contribution in [0, 0.1) is 5.92 Å². The molecule has 0 bridgehead atoms. The van der Waals surface area contributed by atoms with E-state index < -0.39 is 0 Å². The van der Waals surface area contributed by atoms with Crippen molar-refractivity contribution in [3.05, 3.63) is 0 Å². The van der Waals surface area contributed by atoms with Crippen LogP contribution >= 0.6 is 0 Å². The first-order valence-corrected chi connectivity index (χ1v) is 5.61. The molecule has 1 aliphatic heterocycles. The third kappa shape index (κ3) is 3.28. The van der Waals surface area contributed by atoms with Crippen LogP contribution in [0.5, 0.6) is 0 Å². The van der Waals surface area contributed by atoms with E-state index in [-0.39, 0.29) is 0 Å². The maximum absolute atomic E-state index is 5.42. The van der Waals surface area contributed by atoms with Gasteiger partial charge in [0.2, 0.25) is 0 Å². The molecule has 3 unspecified atom stereocenters. The molecular weight excluding hydrogens is 162 g/mol. The van der Waals surface area contributed by atoms with Crippen molar-refractivity contribution in [1.29, 1.82) is 0 Å².